The highest BCUT2D eigenvalue weighted by molar-refractivity contribution is 5.83. The van der Waals surface area contributed by atoms with Crippen LogP contribution in [0.5, 0.6) is 5.75 Å². The first-order valence-electron chi connectivity index (χ1n) is 13.6. The Bertz CT molecular complexity index is 1080. The Morgan fingerprint density at radius 2 is 1.67 bits per heavy atom. The van der Waals surface area contributed by atoms with Crippen LogP contribution < -0.4 is 4.74 Å². The molecule has 3 fully saturated rings. The summed E-state index contributed by atoms with van der Waals surface area (Å²) in [4.78, 5) is 20.5. The van der Waals surface area contributed by atoms with Crippen molar-refractivity contribution in [1.82, 2.24) is 14.7 Å². The van der Waals surface area contributed by atoms with Crippen LogP contribution in [0.1, 0.15) is 41.5 Å². The lowest BCUT2D eigenvalue weighted by Crippen LogP contribution is -2.49. The van der Waals surface area contributed by atoms with Gasteiger partial charge in [0.05, 0.1) is 7.11 Å². The molecule has 1 amide bonds. The molecule has 3 aliphatic rings. The number of piperidine rings is 1. The van der Waals surface area contributed by atoms with E-state index in [-0.39, 0.29) is 11.3 Å². The first-order chi connectivity index (χ1) is 17.5. The molecule has 0 N–H and O–H groups in total. The van der Waals surface area contributed by atoms with Crippen LogP contribution in [0.2, 0.25) is 0 Å². The fourth-order valence-electron chi connectivity index (χ4n) is 6.16. The lowest BCUT2D eigenvalue weighted by Gasteiger charge is -2.36. The van der Waals surface area contributed by atoms with E-state index in [1.165, 1.54) is 22.3 Å². The molecule has 0 radical (unpaired) electrons. The Hall–Kier alpha value is -2.63. The molecular weight excluding hydrogens is 446 g/mol. The van der Waals surface area contributed by atoms with Gasteiger partial charge in [0.15, 0.2) is 0 Å². The van der Waals surface area contributed by atoms with Gasteiger partial charge >= 0.3 is 0 Å². The highest BCUT2D eigenvalue weighted by Crippen LogP contribution is 2.60. The van der Waals surface area contributed by atoms with E-state index in [0.717, 1.165) is 77.4 Å². The van der Waals surface area contributed by atoms with Gasteiger partial charge in [0, 0.05) is 45.2 Å². The van der Waals surface area contributed by atoms with E-state index in [1.54, 1.807) is 7.11 Å². The molecule has 2 aromatic carbocycles. The Labute approximate surface area is 216 Å². The summed E-state index contributed by atoms with van der Waals surface area (Å²) >= 11 is 0. The predicted molar refractivity (Wildman–Crippen MR) is 146 cm³/mol. The van der Waals surface area contributed by atoms with Crippen molar-refractivity contribution in [2.24, 2.45) is 11.3 Å². The van der Waals surface area contributed by atoms with Gasteiger partial charge in [-0.2, -0.15) is 0 Å². The third-order valence-corrected chi connectivity index (χ3v) is 8.96. The summed E-state index contributed by atoms with van der Waals surface area (Å²) in [5.41, 5.74) is 5.48. The van der Waals surface area contributed by atoms with Gasteiger partial charge in [-0.05, 0) is 79.9 Å². The van der Waals surface area contributed by atoms with Crippen LogP contribution in [0.3, 0.4) is 0 Å². The van der Waals surface area contributed by atoms with Crippen LogP contribution in [-0.4, -0.2) is 73.5 Å². The molecule has 1 atom stereocenters. The Morgan fingerprint density at radius 3 is 2.36 bits per heavy atom. The van der Waals surface area contributed by atoms with Gasteiger partial charge in [-0.3, -0.25) is 14.6 Å². The zero-order valence-electron chi connectivity index (χ0n) is 22.2. The summed E-state index contributed by atoms with van der Waals surface area (Å²) in [6.07, 6.45) is 7.84. The number of piperazine rings is 1. The molecule has 5 rings (SSSR count). The normalized spacial score (nSPS) is 22.3. The Morgan fingerprint density at radius 1 is 0.944 bits per heavy atom. The molecule has 0 aromatic heterocycles. The smallest absolute Gasteiger partial charge is 0.226 e. The molecule has 5 nitrogen and oxygen atoms in total. The second-order valence-corrected chi connectivity index (χ2v) is 11.0. The number of amides is 1. The number of ether oxygens (including phenoxy) is 1. The number of likely N-dealkylation sites (tertiary alicyclic amines) is 1. The Balaban J connectivity index is 1.06. The third-order valence-electron chi connectivity index (χ3n) is 8.96. The van der Waals surface area contributed by atoms with Gasteiger partial charge in [0.2, 0.25) is 5.91 Å². The monoisotopic (exact) mass is 487 g/mol. The van der Waals surface area contributed by atoms with Gasteiger partial charge in [-0.1, -0.05) is 48.6 Å². The zero-order valence-corrected chi connectivity index (χ0v) is 22.2. The van der Waals surface area contributed by atoms with E-state index in [2.05, 4.69) is 77.1 Å². The minimum atomic E-state index is 0.258. The number of nitrogens with zero attached hydrogens (tertiary/aromatic N) is 3. The summed E-state index contributed by atoms with van der Waals surface area (Å²) in [6.45, 7) is 12.2. The van der Waals surface area contributed by atoms with Crippen molar-refractivity contribution in [1.29, 1.82) is 0 Å². The van der Waals surface area contributed by atoms with Crippen LogP contribution in [0.4, 0.5) is 0 Å². The van der Waals surface area contributed by atoms with Crippen molar-refractivity contribution in [3.63, 3.8) is 0 Å². The van der Waals surface area contributed by atoms with E-state index < -0.39 is 0 Å². The van der Waals surface area contributed by atoms with Crippen LogP contribution in [0.15, 0.2) is 48.5 Å². The van der Waals surface area contributed by atoms with Crippen LogP contribution >= 0.6 is 0 Å². The van der Waals surface area contributed by atoms with Crippen LogP contribution in [-0.2, 0) is 11.3 Å². The fourth-order valence-corrected chi connectivity index (χ4v) is 6.16. The lowest BCUT2D eigenvalue weighted by atomic mass is 9.90. The molecule has 1 aliphatic carbocycles. The SMILES string of the molecule is COc1ccc(CN2CCC3(CC2)C[C@@H]3C(=O)N2CCN(C/C=C/c3ccccc3)CC2)c(C)c1C. The summed E-state index contributed by atoms with van der Waals surface area (Å²) in [5, 5.41) is 0. The number of carbonyl (C=O) groups is 1. The number of rotatable bonds is 7. The Kier molecular flexibility index (Phi) is 7.49. The highest BCUT2D eigenvalue weighted by Gasteiger charge is 2.59. The molecule has 1 spiro atoms. The molecule has 2 aromatic rings. The molecule has 0 unspecified atom stereocenters. The summed E-state index contributed by atoms with van der Waals surface area (Å²) in [6, 6.07) is 14.8. The minimum absolute atomic E-state index is 0.258. The molecular formula is C31H41N3O2. The summed E-state index contributed by atoms with van der Waals surface area (Å²) in [7, 11) is 1.74. The first kappa shape index (κ1) is 25.0. The maximum atomic E-state index is 13.3. The molecule has 5 heteroatoms. The van der Waals surface area contributed by atoms with Crippen molar-refractivity contribution in [2.75, 3.05) is 52.9 Å². The highest BCUT2D eigenvalue weighted by atomic mass is 16.5. The molecule has 36 heavy (non-hydrogen) atoms. The van der Waals surface area contributed by atoms with Crippen LogP contribution in [0.25, 0.3) is 6.08 Å². The average molecular weight is 488 g/mol. The average Bonchev–Trinajstić information content (AvgIpc) is 3.62. The first-order valence-corrected chi connectivity index (χ1v) is 13.6. The van der Waals surface area contributed by atoms with Crippen molar-refractivity contribution in [3.8, 4) is 5.75 Å². The van der Waals surface area contributed by atoms with E-state index in [9.17, 15) is 4.79 Å². The van der Waals surface area contributed by atoms with E-state index in [0.29, 0.717) is 5.91 Å². The molecule has 1 saturated carbocycles. The van der Waals surface area contributed by atoms with E-state index in [4.69, 9.17) is 4.74 Å². The number of benzene rings is 2. The maximum Gasteiger partial charge on any atom is 0.226 e. The number of hydrogen-bond donors (Lipinski definition) is 0. The second-order valence-electron chi connectivity index (χ2n) is 11.0. The minimum Gasteiger partial charge on any atom is -0.496 e. The number of hydrogen-bond acceptors (Lipinski definition) is 4. The molecule has 2 heterocycles. The van der Waals surface area contributed by atoms with Gasteiger partial charge in [-0.15, -0.1) is 0 Å². The third kappa shape index (κ3) is 5.37. The molecule has 2 saturated heterocycles. The van der Waals surface area contributed by atoms with Crippen molar-refractivity contribution >= 4 is 12.0 Å². The fraction of sp³-hybridized carbons (Fsp3) is 0.516. The van der Waals surface area contributed by atoms with Gasteiger partial charge in [0.1, 0.15) is 5.75 Å². The van der Waals surface area contributed by atoms with Crippen molar-refractivity contribution < 1.29 is 9.53 Å². The van der Waals surface area contributed by atoms with Gasteiger partial charge < -0.3 is 9.64 Å². The van der Waals surface area contributed by atoms with E-state index >= 15 is 0 Å². The zero-order chi connectivity index (χ0) is 25.1. The summed E-state index contributed by atoms with van der Waals surface area (Å²) in [5.74, 6) is 1.65. The quantitative estimate of drug-likeness (QED) is 0.564. The van der Waals surface area contributed by atoms with Gasteiger partial charge in [0.25, 0.3) is 0 Å². The predicted octanol–water partition coefficient (Wildman–Crippen LogP) is 4.77. The number of carbonyl (C=O) groups excluding carboxylic acids is 1. The van der Waals surface area contributed by atoms with Gasteiger partial charge in [-0.25, -0.2) is 0 Å². The summed E-state index contributed by atoms with van der Waals surface area (Å²) < 4.78 is 5.48. The topological polar surface area (TPSA) is 36.0 Å². The molecule has 2 aliphatic heterocycles. The van der Waals surface area contributed by atoms with Crippen LogP contribution in [0, 0.1) is 25.2 Å². The lowest BCUT2D eigenvalue weighted by molar-refractivity contribution is -0.135. The number of methoxy groups -OCH3 is 1. The van der Waals surface area contributed by atoms with Crippen molar-refractivity contribution in [2.45, 2.75) is 39.7 Å². The van der Waals surface area contributed by atoms with Crippen molar-refractivity contribution in [3.05, 3.63) is 70.8 Å². The largest absolute Gasteiger partial charge is 0.496 e. The second kappa shape index (κ2) is 10.8. The standard InChI is InChI=1S/C31H41N3O2/c1-24-25(2)29(36-3)12-11-27(24)23-33-16-13-31(14-17-33)22-28(31)30(35)34-20-18-32(19-21-34)15-7-10-26-8-5-4-6-9-26/h4-12,28H,13-23H2,1-3H3/b10-7+/t28-/m1/s1. The van der Waals surface area contributed by atoms with E-state index in [1.807, 2.05) is 6.07 Å². The molecule has 192 valence electrons. The maximum absolute atomic E-state index is 13.3. The molecule has 0 bridgehead atoms.